The quantitative estimate of drug-likeness (QED) is 0.790. The molecule has 15 heavy (non-hydrogen) atoms. The molecule has 0 aliphatic carbocycles. The van der Waals surface area contributed by atoms with Gasteiger partial charge in [-0.1, -0.05) is 29.8 Å². The minimum Gasteiger partial charge on any atom is -0.497 e. The summed E-state index contributed by atoms with van der Waals surface area (Å²) in [5.41, 5.74) is 1.31. The Balaban J connectivity index is 2.66. The fraction of sp³-hybridized carbons (Fsp3) is 0.500. The van der Waals surface area contributed by atoms with E-state index in [-0.39, 0.29) is 0 Å². The van der Waals surface area contributed by atoms with Crippen molar-refractivity contribution in [2.45, 2.75) is 31.3 Å². The van der Waals surface area contributed by atoms with Gasteiger partial charge in [-0.2, -0.15) is 11.8 Å². The van der Waals surface area contributed by atoms with Crippen LogP contribution in [0.5, 0.6) is 5.75 Å². The van der Waals surface area contributed by atoms with Crippen LogP contribution in [0.25, 0.3) is 0 Å². The average Bonchev–Trinajstić information content (AvgIpc) is 2.27. The fourth-order valence-corrected chi connectivity index (χ4v) is 2.65. The van der Waals surface area contributed by atoms with Crippen LogP contribution in [-0.2, 0) is 5.75 Å². The van der Waals surface area contributed by atoms with Gasteiger partial charge < -0.3 is 4.74 Å². The van der Waals surface area contributed by atoms with E-state index in [9.17, 15) is 0 Å². The van der Waals surface area contributed by atoms with Crippen LogP contribution in [0.1, 0.15) is 25.8 Å². The minimum atomic E-state index is 0.711. The highest BCUT2D eigenvalue weighted by Crippen LogP contribution is 2.28. The lowest BCUT2D eigenvalue weighted by Crippen LogP contribution is -1.94. The average molecular weight is 289 g/mol. The van der Waals surface area contributed by atoms with E-state index < -0.39 is 0 Å². The Labute approximate surface area is 105 Å². The van der Waals surface area contributed by atoms with Crippen molar-refractivity contribution in [3.63, 3.8) is 0 Å². The molecule has 0 saturated heterocycles. The Morgan fingerprint density at radius 2 is 2.20 bits per heavy atom. The molecule has 84 valence electrons. The molecule has 1 aromatic rings. The van der Waals surface area contributed by atoms with Gasteiger partial charge in [-0.25, -0.2) is 0 Å². The van der Waals surface area contributed by atoms with Gasteiger partial charge in [0.05, 0.1) is 7.11 Å². The van der Waals surface area contributed by atoms with Gasteiger partial charge in [-0.15, -0.1) is 0 Å². The molecule has 0 amide bonds. The van der Waals surface area contributed by atoms with Crippen LogP contribution in [-0.4, -0.2) is 12.4 Å². The van der Waals surface area contributed by atoms with E-state index in [4.69, 9.17) is 4.74 Å². The molecule has 1 aromatic carbocycles. The van der Waals surface area contributed by atoms with E-state index in [1.807, 2.05) is 23.9 Å². The number of halogens is 1. The second kappa shape index (κ2) is 6.44. The standard InChI is InChI=1S/C12H17BrOS/c1-4-9(2)15-8-10-7-11(14-3)5-6-12(10)13/h5-7,9H,4,8H2,1-3H3. The van der Waals surface area contributed by atoms with Crippen molar-refractivity contribution in [3.8, 4) is 5.75 Å². The number of ether oxygens (including phenoxy) is 1. The second-order valence-corrected chi connectivity index (χ2v) is 5.77. The van der Waals surface area contributed by atoms with Crippen LogP contribution >= 0.6 is 27.7 Å². The monoisotopic (exact) mass is 288 g/mol. The Bertz CT molecular complexity index is 314. The van der Waals surface area contributed by atoms with Gasteiger partial charge in [-0.05, 0) is 30.2 Å². The molecule has 0 fully saturated rings. The molecular formula is C12H17BrOS. The topological polar surface area (TPSA) is 9.23 Å². The predicted molar refractivity (Wildman–Crippen MR) is 71.7 cm³/mol. The number of thioether (sulfide) groups is 1. The number of hydrogen-bond acceptors (Lipinski definition) is 2. The van der Waals surface area contributed by atoms with Crippen molar-refractivity contribution in [2.24, 2.45) is 0 Å². The molecule has 1 atom stereocenters. The van der Waals surface area contributed by atoms with Crippen LogP contribution in [0.4, 0.5) is 0 Å². The van der Waals surface area contributed by atoms with E-state index in [2.05, 4.69) is 35.8 Å². The maximum Gasteiger partial charge on any atom is 0.119 e. The molecule has 1 unspecified atom stereocenters. The molecule has 3 heteroatoms. The third-order valence-electron chi connectivity index (χ3n) is 2.35. The van der Waals surface area contributed by atoms with Crippen LogP contribution in [0.15, 0.2) is 22.7 Å². The first kappa shape index (κ1) is 12.9. The summed E-state index contributed by atoms with van der Waals surface area (Å²) in [6.45, 7) is 4.48. The third kappa shape index (κ3) is 4.07. The zero-order valence-electron chi connectivity index (χ0n) is 9.42. The van der Waals surface area contributed by atoms with Crippen molar-refractivity contribution in [3.05, 3.63) is 28.2 Å². The summed E-state index contributed by atoms with van der Waals surface area (Å²) in [5.74, 6) is 1.96. The van der Waals surface area contributed by atoms with Gasteiger partial charge in [0, 0.05) is 15.5 Å². The molecular weight excluding hydrogens is 272 g/mol. The second-order valence-electron chi connectivity index (χ2n) is 3.49. The first-order valence-electron chi connectivity index (χ1n) is 5.11. The Morgan fingerprint density at radius 1 is 1.47 bits per heavy atom. The zero-order valence-corrected chi connectivity index (χ0v) is 11.8. The first-order chi connectivity index (χ1) is 7.17. The van der Waals surface area contributed by atoms with Gasteiger partial charge in [0.15, 0.2) is 0 Å². The highest BCUT2D eigenvalue weighted by atomic mass is 79.9. The van der Waals surface area contributed by atoms with E-state index in [0.717, 1.165) is 11.5 Å². The van der Waals surface area contributed by atoms with Crippen LogP contribution in [0.2, 0.25) is 0 Å². The van der Waals surface area contributed by atoms with Crippen LogP contribution < -0.4 is 4.74 Å². The van der Waals surface area contributed by atoms with E-state index >= 15 is 0 Å². The largest absolute Gasteiger partial charge is 0.497 e. The highest BCUT2D eigenvalue weighted by Gasteiger charge is 2.05. The molecule has 0 heterocycles. The number of rotatable bonds is 5. The maximum absolute atomic E-state index is 5.21. The normalized spacial score (nSPS) is 12.5. The van der Waals surface area contributed by atoms with E-state index in [0.29, 0.717) is 5.25 Å². The fourth-order valence-electron chi connectivity index (χ4n) is 1.14. The van der Waals surface area contributed by atoms with Gasteiger partial charge in [0.1, 0.15) is 5.75 Å². The number of hydrogen-bond donors (Lipinski definition) is 0. The molecule has 1 nitrogen and oxygen atoms in total. The van der Waals surface area contributed by atoms with Crippen molar-refractivity contribution >= 4 is 27.7 Å². The zero-order chi connectivity index (χ0) is 11.3. The summed E-state index contributed by atoms with van der Waals surface area (Å²) in [6.07, 6.45) is 1.21. The van der Waals surface area contributed by atoms with Gasteiger partial charge >= 0.3 is 0 Å². The first-order valence-corrected chi connectivity index (χ1v) is 6.95. The lowest BCUT2D eigenvalue weighted by Gasteiger charge is -2.10. The predicted octanol–water partition coefficient (Wildman–Crippen LogP) is 4.49. The molecule has 0 N–H and O–H groups in total. The summed E-state index contributed by atoms with van der Waals surface area (Å²) in [5, 5.41) is 0.711. The number of methoxy groups -OCH3 is 1. The molecule has 0 radical (unpaired) electrons. The summed E-state index contributed by atoms with van der Waals surface area (Å²) in [7, 11) is 1.70. The smallest absolute Gasteiger partial charge is 0.119 e. The molecule has 0 aliphatic heterocycles. The molecule has 0 bridgehead atoms. The maximum atomic E-state index is 5.21. The third-order valence-corrected chi connectivity index (χ3v) is 4.50. The van der Waals surface area contributed by atoms with E-state index in [1.54, 1.807) is 7.11 Å². The van der Waals surface area contributed by atoms with Crippen LogP contribution in [0.3, 0.4) is 0 Å². The van der Waals surface area contributed by atoms with Gasteiger partial charge in [-0.3, -0.25) is 0 Å². The van der Waals surface area contributed by atoms with Crippen molar-refractivity contribution < 1.29 is 4.74 Å². The van der Waals surface area contributed by atoms with Gasteiger partial charge in [0.2, 0.25) is 0 Å². The Kier molecular flexibility index (Phi) is 5.54. The van der Waals surface area contributed by atoms with Crippen LogP contribution in [0, 0.1) is 0 Å². The summed E-state index contributed by atoms with van der Waals surface area (Å²) < 4.78 is 6.38. The Morgan fingerprint density at radius 3 is 2.80 bits per heavy atom. The molecule has 1 rings (SSSR count). The van der Waals surface area contributed by atoms with Gasteiger partial charge in [0.25, 0.3) is 0 Å². The lowest BCUT2D eigenvalue weighted by molar-refractivity contribution is 0.414. The number of benzene rings is 1. The van der Waals surface area contributed by atoms with Crippen molar-refractivity contribution in [1.82, 2.24) is 0 Å². The molecule has 0 aromatic heterocycles. The Hall–Kier alpha value is -0.150. The molecule has 0 aliphatic rings. The lowest BCUT2D eigenvalue weighted by atomic mass is 10.2. The summed E-state index contributed by atoms with van der Waals surface area (Å²) >= 11 is 5.54. The van der Waals surface area contributed by atoms with E-state index in [1.165, 1.54) is 16.5 Å². The molecule has 0 saturated carbocycles. The highest BCUT2D eigenvalue weighted by molar-refractivity contribution is 9.10. The van der Waals surface area contributed by atoms with Crippen molar-refractivity contribution in [2.75, 3.05) is 7.11 Å². The molecule has 0 spiro atoms. The minimum absolute atomic E-state index is 0.711. The SMILES string of the molecule is CCC(C)SCc1cc(OC)ccc1Br. The van der Waals surface area contributed by atoms with Crippen molar-refractivity contribution in [1.29, 1.82) is 0 Å². The summed E-state index contributed by atoms with van der Waals surface area (Å²) in [6, 6.07) is 6.12. The summed E-state index contributed by atoms with van der Waals surface area (Å²) in [4.78, 5) is 0.